The van der Waals surface area contributed by atoms with Crippen LogP contribution in [0.4, 0.5) is 0 Å². The molecule has 2 aliphatic rings. The number of nitrogens with one attached hydrogen (secondary N) is 1. The molecular weight excluding hydrogens is 264 g/mol. The lowest BCUT2D eigenvalue weighted by Gasteiger charge is -2.16. The van der Waals surface area contributed by atoms with E-state index in [2.05, 4.69) is 10.2 Å². The summed E-state index contributed by atoms with van der Waals surface area (Å²) in [6, 6.07) is 4.03. The van der Waals surface area contributed by atoms with E-state index in [1.165, 1.54) is 12.0 Å². The lowest BCUT2D eigenvalue weighted by atomic mass is 10.1. The zero-order valence-corrected chi connectivity index (χ0v) is 11.9. The number of rotatable bonds is 4. The van der Waals surface area contributed by atoms with Crippen molar-refractivity contribution in [1.82, 2.24) is 10.2 Å². The Morgan fingerprint density at radius 2 is 2.32 bits per heavy atom. The Bertz CT molecular complexity index is 467. The summed E-state index contributed by atoms with van der Waals surface area (Å²) in [4.78, 5) is 2.47. The largest absolute Gasteiger partial charge is 0.454 e. The normalized spacial score (nSPS) is 22.1. The van der Waals surface area contributed by atoms with Gasteiger partial charge in [0, 0.05) is 13.1 Å². The van der Waals surface area contributed by atoms with Crippen LogP contribution >= 0.6 is 11.6 Å². The topological polar surface area (TPSA) is 33.7 Å². The summed E-state index contributed by atoms with van der Waals surface area (Å²) in [5, 5.41) is 3.90. The van der Waals surface area contributed by atoms with E-state index in [1.54, 1.807) is 0 Å². The molecule has 2 heterocycles. The van der Waals surface area contributed by atoms with Crippen molar-refractivity contribution in [2.75, 3.05) is 33.5 Å². The molecule has 1 atom stereocenters. The van der Waals surface area contributed by atoms with Crippen LogP contribution in [0.15, 0.2) is 12.1 Å². The summed E-state index contributed by atoms with van der Waals surface area (Å²) < 4.78 is 10.7. The minimum Gasteiger partial charge on any atom is -0.454 e. The molecule has 0 saturated carbocycles. The van der Waals surface area contributed by atoms with Gasteiger partial charge in [0.15, 0.2) is 11.5 Å². The Kier molecular flexibility index (Phi) is 3.82. The molecule has 2 aliphatic heterocycles. The molecule has 0 radical (unpaired) electrons. The number of ether oxygens (including phenoxy) is 2. The number of benzene rings is 1. The summed E-state index contributed by atoms with van der Waals surface area (Å²) in [5.74, 6) is 2.21. The Morgan fingerprint density at radius 1 is 1.42 bits per heavy atom. The summed E-state index contributed by atoms with van der Waals surface area (Å²) in [7, 11) is 2.01. The summed E-state index contributed by atoms with van der Waals surface area (Å²) >= 11 is 6.21. The minimum absolute atomic E-state index is 0.270. The first-order valence-corrected chi connectivity index (χ1v) is 7.09. The molecule has 0 spiro atoms. The molecule has 1 aromatic carbocycles. The van der Waals surface area contributed by atoms with Crippen LogP contribution in [0.2, 0.25) is 5.02 Å². The van der Waals surface area contributed by atoms with Crippen molar-refractivity contribution in [3.63, 3.8) is 0 Å². The van der Waals surface area contributed by atoms with Crippen molar-refractivity contribution in [2.24, 2.45) is 5.92 Å². The average Bonchev–Trinajstić information content (AvgIpc) is 2.99. The van der Waals surface area contributed by atoms with Gasteiger partial charge in [0.25, 0.3) is 0 Å². The van der Waals surface area contributed by atoms with E-state index in [9.17, 15) is 0 Å². The molecule has 1 aromatic rings. The molecule has 0 aliphatic carbocycles. The lowest BCUT2D eigenvalue weighted by Crippen LogP contribution is -2.24. The van der Waals surface area contributed by atoms with Gasteiger partial charge in [0.05, 0.1) is 5.02 Å². The minimum atomic E-state index is 0.270. The zero-order valence-electron chi connectivity index (χ0n) is 11.1. The highest BCUT2D eigenvalue weighted by Crippen LogP contribution is 2.40. The van der Waals surface area contributed by atoms with Crippen LogP contribution in [-0.2, 0) is 6.54 Å². The number of fused-ring (bicyclic) bond motifs is 1. The zero-order chi connectivity index (χ0) is 13.2. The van der Waals surface area contributed by atoms with Gasteiger partial charge in [-0.2, -0.15) is 0 Å². The monoisotopic (exact) mass is 282 g/mol. The average molecular weight is 283 g/mol. The molecular formula is C14H19ClN2O2. The van der Waals surface area contributed by atoms with E-state index >= 15 is 0 Å². The first kappa shape index (κ1) is 13.0. The second-order valence-corrected chi connectivity index (χ2v) is 5.67. The highest BCUT2D eigenvalue weighted by Gasteiger charge is 2.23. The molecule has 1 saturated heterocycles. The first-order chi connectivity index (χ1) is 9.26. The van der Waals surface area contributed by atoms with Crippen molar-refractivity contribution >= 4 is 11.6 Å². The highest BCUT2D eigenvalue weighted by molar-refractivity contribution is 6.32. The number of halogens is 1. The highest BCUT2D eigenvalue weighted by atomic mass is 35.5. The van der Waals surface area contributed by atoms with Crippen LogP contribution in [0.3, 0.4) is 0 Å². The Hall–Kier alpha value is -0.970. The van der Waals surface area contributed by atoms with Gasteiger partial charge in [0.2, 0.25) is 6.79 Å². The molecule has 0 aromatic heterocycles. The van der Waals surface area contributed by atoms with E-state index in [4.69, 9.17) is 21.1 Å². The van der Waals surface area contributed by atoms with Gasteiger partial charge >= 0.3 is 0 Å². The van der Waals surface area contributed by atoms with Crippen LogP contribution in [0.5, 0.6) is 11.5 Å². The van der Waals surface area contributed by atoms with Crippen molar-refractivity contribution < 1.29 is 9.47 Å². The van der Waals surface area contributed by atoms with Gasteiger partial charge in [-0.05, 0) is 50.2 Å². The molecule has 104 valence electrons. The van der Waals surface area contributed by atoms with Crippen molar-refractivity contribution in [2.45, 2.75) is 13.0 Å². The molecule has 1 unspecified atom stereocenters. The molecule has 19 heavy (non-hydrogen) atoms. The fourth-order valence-electron chi connectivity index (χ4n) is 2.88. The molecule has 0 bridgehead atoms. The third-order valence-electron chi connectivity index (χ3n) is 3.76. The fraction of sp³-hybridized carbons (Fsp3) is 0.571. The van der Waals surface area contributed by atoms with Gasteiger partial charge in [0.1, 0.15) is 0 Å². The smallest absolute Gasteiger partial charge is 0.231 e. The second-order valence-electron chi connectivity index (χ2n) is 5.26. The Labute approximate surface area is 118 Å². The van der Waals surface area contributed by atoms with E-state index in [0.717, 1.165) is 37.8 Å². The van der Waals surface area contributed by atoms with Crippen molar-refractivity contribution in [3.8, 4) is 11.5 Å². The number of likely N-dealkylation sites (tertiary alicyclic amines) is 1. The molecule has 3 rings (SSSR count). The van der Waals surface area contributed by atoms with Crippen LogP contribution in [0, 0.1) is 5.92 Å². The third-order valence-corrected chi connectivity index (χ3v) is 4.04. The van der Waals surface area contributed by atoms with E-state index < -0.39 is 0 Å². The fourth-order valence-corrected chi connectivity index (χ4v) is 3.17. The quantitative estimate of drug-likeness (QED) is 0.917. The van der Waals surface area contributed by atoms with Gasteiger partial charge < -0.3 is 14.8 Å². The van der Waals surface area contributed by atoms with E-state index in [0.29, 0.717) is 10.8 Å². The van der Waals surface area contributed by atoms with Gasteiger partial charge in [-0.25, -0.2) is 0 Å². The maximum Gasteiger partial charge on any atom is 0.231 e. The van der Waals surface area contributed by atoms with Crippen LogP contribution in [0.25, 0.3) is 0 Å². The summed E-state index contributed by atoms with van der Waals surface area (Å²) in [6.45, 7) is 4.59. The molecule has 5 heteroatoms. The van der Waals surface area contributed by atoms with Gasteiger partial charge in [-0.3, -0.25) is 4.90 Å². The number of hydrogen-bond acceptors (Lipinski definition) is 4. The van der Waals surface area contributed by atoms with Gasteiger partial charge in [-0.1, -0.05) is 11.6 Å². The van der Waals surface area contributed by atoms with Gasteiger partial charge in [-0.15, -0.1) is 0 Å². The summed E-state index contributed by atoms with van der Waals surface area (Å²) in [6.07, 6.45) is 1.26. The predicted molar refractivity (Wildman–Crippen MR) is 74.9 cm³/mol. The van der Waals surface area contributed by atoms with Crippen LogP contribution in [-0.4, -0.2) is 38.4 Å². The maximum atomic E-state index is 6.21. The third kappa shape index (κ3) is 2.81. The molecule has 1 fully saturated rings. The molecule has 1 N–H and O–H groups in total. The Balaban J connectivity index is 1.66. The van der Waals surface area contributed by atoms with Crippen LogP contribution in [0.1, 0.15) is 12.0 Å². The van der Waals surface area contributed by atoms with Crippen LogP contribution < -0.4 is 14.8 Å². The standard InChI is InChI=1S/C14H19ClN2O2/c1-16-6-10-2-3-17(7-10)8-11-4-12(15)14-13(5-11)18-9-19-14/h4-5,10,16H,2-3,6-9H2,1H3. The maximum absolute atomic E-state index is 6.21. The lowest BCUT2D eigenvalue weighted by molar-refractivity contribution is 0.174. The summed E-state index contributed by atoms with van der Waals surface area (Å²) in [5.41, 5.74) is 1.19. The molecule has 4 nitrogen and oxygen atoms in total. The number of nitrogens with zero attached hydrogens (tertiary/aromatic N) is 1. The van der Waals surface area contributed by atoms with E-state index in [-0.39, 0.29) is 6.79 Å². The second kappa shape index (κ2) is 5.57. The van der Waals surface area contributed by atoms with Crippen molar-refractivity contribution in [1.29, 1.82) is 0 Å². The Morgan fingerprint density at radius 3 is 3.16 bits per heavy atom. The first-order valence-electron chi connectivity index (χ1n) is 6.71. The van der Waals surface area contributed by atoms with E-state index in [1.807, 2.05) is 19.2 Å². The van der Waals surface area contributed by atoms with Crippen molar-refractivity contribution in [3.05, 3.63) is 22.7 Å². The number of hydrogen-bond donors (Lipinski definition) is 1. The molecule has 0 amide bonds. The predicted octanol–water partition coefficient (Wildman–Crippen LogP) is 2.11. The SMILES string of the molecule is CNCC1CCN(Cc2cc(Cl)c3c(c2)OCO3)C1.